The highest BCUT2D eigenvalue weighted by Crippen LogP contribution is 2.24. The van der Waals surface area contributed by atoms with Crippen LogP contribution in [-0.2, 0) is 11.3 Å². The largest absolute Gasteiger partial charge is 0.375 e. The molecule has 8 heteroatoms. The first kappa shape index (κ1) is 25.6. The Morgan fingerprint density at radius 2 is 2.00 bits per heavy atom. The van der Waals surface area contributed by atoms with Gasteiger partial charge in [0.1, 0.15) is 5.82 Å². The summed E-state index contributed by atoms with van der Waals surface area (Å²) in [5.74, 6) is 1.80. The van der Waals surface area contributed by atoms with Gasteiger partial charge in [0.25, 0.3) is 0 Å². The van der Waals surface area contributed by atoms with Gasteiger partial charge in [-0.2, -0.15) is 0 Å². The van der Waals surface area contributed by atoms with Gasteiger partial charge < -0.3 is 25.2 Å². The van der Waals surface area contributed by atoms with Crippen LogP contribution in [0.1, 0.15) is 43.9 Å². The topological polar surface area (TPSA) is 65.0 Å². The molecule has 2 aliphatic heterocycles. The molecule has 4 rings (SSSR count). The van der Waals surface area contributed by atoms with Crippen molar-refractivity contribution in [1.82, 2.24) is 15.6 Å². The van der Waals surface area contributed by atoms with Crippen LogP contribution in [0.4, 0.5) is 11.5 Å². The van der Waals surface area contributed by atoms with Crippen LogP contribution in [0, 0.1) is 0 Å². The highest BCUT2D eigenvalue weighted by Gasteiger charge is 2.18. The molecule has 0 bridgehead atoms. The first-order valence-electron chi connectivity index (χ1n) is 11.8. The summed E-state index contributed by atoms with van der Waals surface area (Å²) >= 11 is 0. The van der Waals surface area contributed by atoms with Crippen LogP contribution in [0.5, 0.6) is 0 Å². The Labute approximate surface area is 215 Å². The molecule has 0 spiro atoms. The van der Waals surface area contributed by atoms with Gasteiger partial charge in [0, 0.05) is 51.7 Å². The number of pyridine rings is 1. The average molecular weight is 565 g/mol. The van der Waals surface area contributed by atoms with Crippen LogP contribution in [0.25, 0.3) is 0 Å². The van der Waals surface area contributed by atoms with Crippen LogP contribution in [0.15, 0.2) is 47.6 Å². The second kappa shape index (κ2) is 12.4. The Hall–Kier alpha value is -2.07. The van der Waals surface area contributed by atoms with Crippen molar-refractivity contribution >= 4 is 41.4 Å². The van der Waals surface area contributed by atoms with E-state index >= 15 is 0 Å². The fourth-order valence-electron chi connectivity index (χ4n) is 4.37. The molecule has 3 heterocycles. The first-order valence-corrected chi connectivity index (χ1v) is 11.8. The molecule has 0 radical (unpaired) electrons. The Kier molecular flexibility index (Phi) is 9.61. The number of anilines is 2. The molecular weight excluding hydrogens is 527 g/mol. The number of ether oxygens (including phenoxy) is 1. The third-order valence-corrected chi connectivity index (χ3v) is 6.25. The zero-order chi connectivity index (χ0) is 22.3. The summed E-state index contributed by atoms with van der Waals surface area (Å²) < 4.78 is 5.62. The van der Waals surface area contributed by atoms with E-state index in [1.165, 1.54) is 24.1 Å². The van der Waals surface area contributed by atoms with Crippen molar-refractivity contribution in [2.24, 2.45) is 4.99 Å². The predicted octanol–water partition coefficient (Wildman–Crippen LogP) is 3.95. The van der Waals surface area contributed by atoms with E-state index in [2.05, 4.69) is 80.7 Å². The fourth-order valence-corrected chi connectivity index (χ4v) is 4.37. The van der Waals surface area contributed by atoms with Crippen molar-refractivity contribution in [1.29, 1.82) is 0 Å². The normalized spacial score (nSPS) is 19.7. The SMILES string of the molecule is CN=C(NCc1ccc(N2CCOC(C)C2)nc1)NC(C)c1cccc(N2CCCC2)c1.I. The van der Waals surface area contributed by atoms with Crippen LogP contribution in [0.3, 0.4) is 0 Å². The standard InChI is InChI=1S/C25H36N6O.HI/c1-19-18-31(13-14-32-19)24-10-9-21(16-27-24)17-28-25(26-3)29-20(2)22-7-6-8-23(15-22)30-11-4-5-12-30;/h6-10,15-16,19-20H,4-5,11-14,17-18H2,1-3H3,(H2,26,28,29);1H. The van der Waals surface area contributed by atoms with Crippen LogP contribution >= 0.6 is 24.0 Å². The number of rotatable bonds is 6. The lowest BCUT2D eigenvalue weighted by molar-refractivity contribution is 0.0529. The van der Waals surface area contributed by atoms with Crippen LogP contribution in [-0.4, -0.2) is 56.9 Å². The number of benzene rings is 1. The maximum Gasteiger partial charge on any atom is 0.191 e. The van der Waals surface area contributed by atoms with E-state index in [9.17, 15) is 0 Å². The number of halogens is 1. The van der Waals surface area contributed by atoms with Crippen molar-refractivity contribution in [3.8, 4) is 0 Å². The maximum absolute atomic E-state index is 5.62. The van der Waals surface area contributed by atoms with Gasteiger partial charge in [-0.3, -0.25) is 4.99 Å². The second-order valence-corrected chi connectivity index (χ2v) is 8.73. The lowest BCUT2D eigenvalue weighted by Gasteiger charge is -2.32. The van der Waals surface area contributed by atoms with Gasteiger partial charge in [0.05, 0.1) is 18.8 Å². The summed E-state index contributed by atoms with van der Waals surface area (Å²) in [4.78, 5) is 13.8. The molecule has 0 aliphatic carbocycles. The Morgan fingerprint density at radius 1 is 1.18 bits per heavy atom. The lowest BCUT2D eigenvalue weighted by atomic mass is 10.1. The number of morpholine rings is 1. The molecule has 2 atom stereocenters. The minimum Gasteiger partial charge on any atom is -0.375 e. The Balaban J connectivity index is 0.00000306. The van der Waals surface area contributed by atoms with E-state index in [4.69, 9.17) is 4.74 Å². The Morgan fingerprint density at radius 3 is 2.70 bits per heavy atom. The quantitative estimate of drug-likeness (QED) is 0.315. The molecule has 2 fully saturated rings. The van der Waals surface area contributed by atoms with E-state index in [0.29, 0.717) is 6.54 Å². The van der Waals surface area contributed by atoms with Gasteiger partial charge in [-0.1, -0.05) is 18.2 Å². The summed E-state index contributed by atoms with van der Waals surface area (Å²) in [7, 11) is 1.81. The molecule has 2 N–H and O–H groups in total. The number of hydrogen-bond acceptors (Lipinski definition) is 5. The highest BCUT2D eigenvalue weighted by molar-refractivity contribution is 14.0. The molecule has 1 aromatic carbocycles. The van der Waals surface area contributed by atoms with Gasteiger partial charge in [-0.15, -0.1) is 24.0 Å². The van der Waals surface area contributed by atoms with Gasteiger partial charge >= 0.3 is 0 Å². The molecule has 0 saturated carbocycles. The van der Waals surface area contributed by atoms with Crippen LogP contribution < -0.4 is 20.4 Å². The molecule has 33 heavy (non-hydrogen) atoms. The summed E-state index contributed by atoms with van der Waals surface area (Å²) in [6.45, 7) is 9.81. The summed E-state index contributed by atoms with van der Waals surface area (Å²) in [6, 6.07) is 13.2. The van der Waals surface area contributed by atoms with Crippen molar-refractivity contribution in [2.45, 2.75) is 45.4 Å². The number of aliphatic imine (C=N–C) groups is 1. The smallest absolute Gasteiger partial charge is 0.191 e. The van der Waals surface area contributed by atoms with Crippen molar-refractivity contribution in [3.63, 3.8) is 0 Å². The van der Waals surface area contributed by atoms with E-state index in [1.54, 1.807) is 0 Å². The summed E-state index contributed by atoms with van der Waals surface area (Å²) in [5, 5.41) is 6.93. The summed E-state index contributed by atoms with van der Waals surface area (Å²) in [5.41, 5.74) is 3.71. The van der Waals surface area contributed by atoms with Crippen LogP contribution in [0.2, 0.25) is 0 Å². The zero-order valence-electron chi connectivity index (χ0n) is 20.0. The number of guanidine groups is 1. The maximum atomic E-state index is 5.62. The first-order chi connectivity index (χ1) is 15.6. The van der Waals surface area contributed by atoms with E-state index in [-0.39, 0.29) is 36.1 Å². The molecule has 0 amide bonds. The van der Waals surface area contributed by atoms with E-state index in [1.807, 2.05) is 13.2 Å². The minimum absolute atomic E-state index is 0. The molecule has 2 aromatic rings. The molecule has 2 unspecified atom stereocenters. The van der Waals surface area contributed by atoms with Crippen molar-refractivity contribution in [2.75, 3.05) is 49.6 Å². The van der Waals surface area contributed by atoms with Gasteiger partial charge in [0.2, 0.25) is 0 Å². The number of nitrogens with one attached hydrogen (secondary N) is 2. The predicted molar refractivity (Wildman–Crippen MR) is 147 cm³/mol. The molecule has 1 aromatic heterocycles. The van der Waals surface area contributed by atoms with Crippen molar-refractivity contribution < 1.29 is 4.74 Å². The molecule has 2 saturated heterocycles. The molecule has 180 valence electrons. The van der Waals surface area contributed by atoms with Gasteiger partial charge in [-0.25, -0.2) is 4.98 Å². The van der Waals surface area contributed by atoms with Crippen molar-refractivity contribution in [3.05, 3.63) is 53.7 Å². The average Bonchev–Trinajstić information content (AvgIpc) is 3.37. The summed E-state index contributed by atoms with van der Waals surface area (Å²) in [6.07, 6.45) is 4.77. The number of hydrogen-bond donors (Lipinski definition) is 2. The highest BCUT2D eigenvalue weighted by atomic mass is 127. The van der Waals surface area contributed by atoms with Gasteiger partial charge in [0.15, 0.2) is 5.96 Å². The van der Waals surface area contributed by atoms with Gasteiger partial charge in [-0.05, 0) is 56.0 Å². The monoisotopic (exact) mass is 564 g/mol. The zero-order valence-corrected chi connectivity index (χ0v) is 22.3. The molecular formula is C25H37IN6O. The number of nitrogens with zero attached hydrogens (tertiary/aromatic N) is 4. The molecule has 2 aliphatic rings. The number of aromatic nitrogens is 1. The van der Waals surface area contributed by atoms with E-state index < -0.39 is 0 Å². The van der Waals surface area contributed by atoms with E-state index in [0.717, 1.165) is 50.1 Å². The minimum atomic E-state index is 0. The fraction of sp³-hybridized carbons (Fsp3) is 0.520. The lowest BCUT2D eigenvalue weighted by Crippen LogP contribution is -2.41. The molecule has 7 nitrogen and oxygen atoms in total. The second-order valence-electron chi connectivity index (χ2n) is 8.73. The third-order valence-electron chi connectivity index (χ3n) is 6.25. The Bertz CT molecular complexity index is 900. The third kappa shape index (κ3) is 6.96.